The van der Waals surface area contributed by atoms with Crippen LogP contribution < -0.4 is 10.1 Å². The highest BCUT2D eigenvalue weighted by atomic mass is 35.5. The summed E-state index contributed by atoms with van der Waals surface area (Å²) < 4.78 is 18.2. The molecule has 5 heteroatoms. The molecule has 1 amide bonds. The molecule has 0 aliphatic rings. The summed E-state index contributed by atoms with van der Waals surface area (Å²) in [6, 6.07) is 13.9. The molecule has 2 aromatic rings. The van der Waals surface area contributed by atoms with Crippen molar-refractivity contribution in [1.82, 2.24) is 5.32 Å². The second-order valence-corrected chi connectivity index (χ2v) is 5.76. The summed E-state index contributed by atoms with van der Waals surface area (Å²) in [6.45, 7) is 1.80. The first-order valence-electron chi connectivity index (χ1n) is 7.45. The van der Waals surface area contributed by atoms with Crippen molar-refractivity contribution in [2.45, 2.75) is 25.8 Å². The average Bonchev–Trinajstić information content (AvgIpc) is 2.53. The Bertz CT molecular complexity index is 649. The zero-order chi connectivity index (χ0) is 16.7. The zero-order valence-electron chi connectivity index (χ0n) is 12.9. The lowest BCUT2D eigenvalue weighted by Gasteiger charge is -2.14. The highest BCUT2D eigenvalue weighted by Gasteiger charge is 2.10. The van der Waals surface area contributed by atoms with Gasteiger partial charge in [-0.1, -0.05) is 41.9 Å². The molecule has 1 atom stereocenters. The van der Waals surface area contributed by atoms with Gasteiger partial charge in [0, 0.05) is 6.04 Å². The van der Waals surface area contributed by atoms with Gasteiger partial charge in [-0.05, 0) is 43.5 Å². The number of aryl methyl sites for hydroxylation is 1. The molecule has 3 nitrogen and oxygen atoms in total. The van der Waals surface area contributed by atoms with Crippen molar-refractivity contribution in [1.29, 1.82) is 0 Å². The Labute approximate surface area is 140 Å². The van der Waals surface area contributed by atoms with Crippen molar-refractivity contribution < 1.29 is 13.9 Å². The number of halogens is 2. The van der Waals surface area contributed by atoms with Gasteiger partial charge in [0.25, 0.3) is 5.91 Å². The lowest BCUT2D eigenvalue weighted by atomic mass is 10.1. The summed E-state index contributed by atoms with van der Waals surface area (Å²) in [4.78, 5) is 11.9. The summed E-state index contributed by atoms with van der Waals surface area (Å²) >= 11 is 5.84. The minimum Gasteiger partial charge on any atom is -0.482 e. The fourth-order valence-corrected chi connectivity index (χ4v) is 2.37. The van der Waals surface area contributed by atoms with Crippen LogP contribution in [0.1, 0.15) is 18.9 Å². The monoisotopic (exact) mass is 335 g/mol. The normalized spacial score (nSPS) is 11.8. The highest BCUT2D eigenvalue weighted by Crippen LogP contribution is 2.24. The first-order valence-corrected chi connectivity index (χ1v) is 7.83. The Morgan fingerprint density at radius 3 is 2.70 bits per heavy atom. The molecule has 122 valence electrons. The smallest absolute Gasteiger partial charge is 0.258 e. The summed E-state index contributed by atoms with van der Waals surface area (Å²) in [6.07, 6.45) is 1.74. The molecule has 2 aromatic carbocycles. The lowest BCUT2D eigenvalue weighted by molar-refractivity contribution is -0.123. The quantitative estimate of drug-likeness (QED) is 0.830. The molecule has 0 bridgehead atoms. The number of benzene rings is 2. The van der Waals surface area contributed by atoms with Gasteiger partial charge in [-0.3, -0.25) is 4.79 Å². The number of carbonyl (C=O) groups excluding carboxylic acids is 1. The number of ether oxygens (including phenoxy) is 1. The van der Waals surface area contributed by atoms with Crippen LogP contribution in [0.3, 0.4) is 0 Å². The van der Waals surface area contributed by atoms with Gasteiger partial charge in [-0.25, -0.2) is 4.39 Å². The molecule has 2 rings (SSSR count). The van der Waals surface area contributed by atoms with Crippen molar-refractivity contribution in [2.75, 3.05) is 6.61 Å². The molecular formula is C18H19ClFNO2. The van der Waals surface area contributed by atoms with Crippen molar-refractivity contribution >= 4 is 17.5 Å². The highest BCUT2D eigenvalue weighted by molar-refractivity contribution is 6.32. The molecule has 0 aromatic heterocycles. The molecule has 0 heterocycles. The molecule has 0 radical (unpaired) electrons. The van der Waals surface area contributed by atoms with Crippen LogP contribution in [0, 0.1) is 5.82 Å². The van der Waals surface area contributed by atoms with Crippen LogP contribution in [0.4, 0.5) is 4.39 Å². The Balaban J connectivity index is 1.73. The third-order valence-electron chi connectivity index (χ3n) is 3.37. The molecule has 0 aliphatic heterocycles. The van der Waals surface area contributed by atoms with E-state index in [4.69, 9.17) is 16.3 Å². The largest absolute Gasteiger partial charge is 0.482 e. The first kappa shape index (κ1) is 17.3. The maximum Gasteiger partial charge on any atom is 0.258 e. The predicted molar refractivity (Wildman–Crippen MR) is 89.3 cm³/mol. The Hall–Kier alpha value is -2.07. The van der Waals surface area contributed by atoms with Crippen LogP contribution in [-0.4, -0.2) is 18.6 Å². The van der Waals surface area contributed by atoms with Crippen LogP contribution in [0.5, 0.6) is 5.75 Å². The Morgan fingerprint density at radius 2 is 2.00 bits per heavy atom. The number of carbonyl (C=O) groups is 1. The minimum atomic E-state index is -0.443. The van der Waals surface area contributed by atoms with Crippen molar-refractivity contribution in [2.24, 2.45) is 0 Å². The Kier molecular flexibility index (Phi) is 6.41. The van der Waals surface area contributed by atoms with E-state index in [2.05, 4.69) is 17.4 Å². The summed E-state index contributed by atoms with van der Waals surface area (Å²) in [5, 5.41) is 3.02. The van der Waals surface area contributed by atoms with Crippen molar-refractivity contribution in [3.8, 4) is 5.75 Å². The van der Waals surface area contributed by atoms with E-state index in [0.717, 1.165) is 18.9 Å². The van der Waals surface area contributed by atoms with Gasteiger partial charge in [-0.2, -0.15) is 0 Å². The second-order valence-electron chi connectivity index (χ2n) is 5.36. The van der Waals surface area contributed by atoms with Gasteiger partial charge in [0.05, 0.1) is 5.02 Å². The fraction of sp³-hybridized carbons (Fsp3) is 0.278. The van der Waals surface area contributed by atoms with E-state index >= 15 is 0 Å². The number of rotatable bonds is 7. The molecule has 1 N–H and O–H groups in total. The molecule has 0 spiro atoms. The average molecular weight is 336 g/mol. The van der Waals surface area contributed by atoms with Gasteiger partial charge >= 0.3 is 0 Å². The standard InChI is InChI=1S/C18H19ClFNO2/c1-13(7-8-14-5-3-2-4-6-14)21-18(22)12-23-17-10-9-15(20)11-16(17)19/h2-6,9-11,13H,7-8,12H2,1H3,(H,21,22). The van der Waals surface area contributed by atoms with Crippen molar-refractivity contribution in [3.63, 3.8) is 0 Å². The summed E-state index contributed by atoms with van der Waals surface area (Å²) in [5.74, 6) is -0.382. The molecule has 23 heavy (non-hydrogen) atoms. The van der Waals surface area contributed by atoms with Gasteiger partial charge in [-0.15, -0.1) is 0 Å². The number of hydrogen-bond acceptors (Lipinski definition) is 2. The van der Waals surface area contributed by atoms with Gasteiger partial charge < -0.3 is 10.1 Å². The molecule has 0 saturated carbocycles. The van der Waals surface area contributed by atoms with Gasteiger partial charge in [0.2, 0.25) is 0 Å². The first-order chi connectivity index (χ1) is 11.0. The molecule has 0 aliphatic carbocycles. The maximum atomic E-state index is 12.9. The lowest BCUT2D eigenvalue weighted by Crippen LogP contribution is -2.36. The summed E-state index contributed by atoms with van der Waals surface area (Å²) in [7, 11) is 0. The van der Waals surface area contributed by atoms with Gasteiger partial charge in [0.1, 0.15) is 11.6 Å². The third-order valence-corrected chi connectivity index (χ3v) is 3.66. The van der Waals surface area contributed by atoms with E-state index in [1.807, 2.05) is 25.1 Å². The van der Waals surface area contributed by atoms with E-state index < -0.39 is 5.82 Å². The molecular weight excluding hydrogens is 317 g/mol. The van der Waals surface area contributed by atoms with Crippen LogP contribution >= 0.6 is 11.6 Å². The number of hydrogen-bond donors (Lipinski definition) is 1. The van der Waals surface area contributed by atoms with E-state index in [1.165, 1.54) is 17.7 Å². The van der Waals surface area contributed by atoms with Crippen molar-refractivity contribution in [3.05, 3.63) is 64.9 Å². The second kappa shape index (κ2) is 8.53. The third kappa shape index (κ3) is 5.91. The van der Waals surface area contributed by atoms with Crippen LogP contribution in [0.25, 0.3) is 0 Å². The fourth-order valence-electron chi connectivity index (χ4n) is 2.15. The van der Waals surface area contributed by atoms with Crippen LogP contribution in [0.2, 0.25) is 5.02 Å². The Morgan fingerprint density at radius 1 is 1.26 bits per heavy atom. The summed E-state index contributed by atoms with van der Waals surface area (Å²) in [5.41, 5.74) is 1.24. The van der Waals surface area contributed by atoms with Crippen LogP contribution in [0.15, 0.2) is 48.5 Å². The van der Waals surface area contributed by atoms with E-state index in [0.29, 0.717) is 5.75 Å². The number of amides is 1. The number of nitrogens with one attached hydrogen (secondary N) is 1. The maximum absolute atomic E-state index is 12.9. The SMILES string of the molecule is CC(CCc1ccccc1)NC(=O)COc1ccc(F)cc1Cl. The van der Waals surface area contributed by atoms with E-state index in [1.54, 1.807) is 0 Å². The molecule has 0 fully saturated rings. The molecule has 0 saturated heterocycles. The van der Waals surface area contributed by atoms with E-state index in [-0.39, 0.29) is 23.6 Å². The van der Waals surface area contributed by atoms with Crippen LogP contribution in [-0.2, 0) is 11.2 Å². The minimum absolute atomic E-state index is 0.0370. The zero-order valence-corrected chi connectivity index (χ0v) is 13.6. The van der Waals surface area contributed by atoms with E-state index in [9.17, 15) is 9.18 Å². The molecule has 1 unspecified atom stereocenters. The van der Waals surface area contributed by atoms with Gasteiger partial charge in [0.15, 0.2) is 6.61 Å². The topological polar surface area (TPSA) is 38.3 Å². The predicted octanol–water partition coefficient (Wildman–Crippen LogP) is 4.00.